The van der Waals surface area contributed by atoms with E-state index in [9.17, 15) is 4.79 Å². The molecule has 1 amide bonds. The molecule has 0 saturated carbocycles. The topological polar surface area (TPSA) is 32.3 Å². The zero-order valence-electron chi connectivity index (χ0n) is 9.46. The molecule has 1 saturated heterocycles. The monoisotopic (exact) mass is 208 g/mol. The molecule has 1 fully saturated rings. The van der Waals surface area contributed by atoms with Gasteiger partial charge in [-0.15, -0.1) is 12.3 Å². The van der Waals surface area contributed by atoms with Gasteiger partial charge in [0.15, 0.2) is 0 Å². The lowest BCUT2D eigenvalue weighted by Gasteiger charge is -2.32. The summed E-state index contributed by atoms with van der Waals surface area (Å²) in [4.78, 5) is 13.7. The first-order valence-corrected chi connectivity index (χ1v) is 5.68. The average molecular weight is 208 g/mol. The predicted molar refractivity (Wildman–Crippen MR) is 61.3 cm³/mol. The standard InChI is InChI=1S/C12H20N2O/c1-3-4-5-6-7-12(15)14-9-8-13-11(2)10-14/h1,11,13H,4-10H2,2H3. The van der Waals surface area contributed by atoms with Crippen LogP contribution in [0.1, 0.15) is 32.6 Å². The van der Waals surface area contributed by atoms with Gasteiger partial charge in [-0.3, -0.25) is 4.79 Å². The number of hydrogen-bond acceptors (Lipinski definition) is 2. The van der Waals surface area contributed by atoms with Crippen LogP contribution in [0.25, 0.3) is 0 Å². The summed E-state index contributed by atoms with van der Waals surface area (Å²) >= 11 is 0. The van der Waals surface area contributed by atoms with Crippen molar-refractivity contribution in [2.75, 3.05) is 19.6 Å². The summed E-state index contributed by atoms with van der Waals surface area (Å²) in [5.41, 5.74) is 0. The normalized spacial score (nSPS) is 21.1. The number of unbranched alkanes of at least 4 members (excludes halogenated alkanes) is 2. The van der Waals surface area contributed by atoms with E-state index in [1.54, 1.807) is 0 Å². The molecule has 1 rings (SSSR count). The lowest BCUT2D eigenvalue weighted by Crippen LogP contribution is -2.51. The number of nitrogens with zero attached hydrogens (tertiary/aromatic N) is 1. The minimum absolute atomic E-state index is 0.278. The summed E-state index contributed by atoms with van der Waals surface area (Å²) in [6.45, 7) is 4.71. The molecule has 1 aliphatic heterocycles. The van der Waals surface area contributed by atoms with Crippen molar-refractivity contribution in [3.63, 3.8) is 0 Å². The maximum Gasteiger partial charge on any atom is 0.222 e. The molecule has 0 spiro atoms. The average Bonchev–Trinajstić information content (AvgIpc) is 2.24. The molecule has 3 heteroatoms. The Hall–Kier alpha value is -1.01. The van der Waals surface area contributed by atoms with Crippen LogP contribution >= 0.6 is 0 Å². The number of carbonyl (C=O) groups excluding carboxylic acids is 1. The van der Waals surface area contributed by atoms with E-state index in [1.165, 1.54) is 0 Å². The van der Waals surface area contributed by atoms with Gasteiger partial charge in [-0.2, -0.15) is 0 Å². The fourth-order valence-corrected chi connectivity index (χ4v) is 1.82. The number of nitrogens with one attached hydrogen (secondary N) is 1. The van der Waals surface area contributed by atoms with Gasteiger partial charge in [-0.25, -0.2) is 0 Å². The minimum Gasteiger partial charge on any atom is -0.340 e. The van der Waals surface area contributed by atoms with Crippen molar-refractivity contribution in [1.29, 1.82) is 0 Å². The summed E-state index contributed by atoms with van der Waals surface area (Å²) in [6, 6.07) is 0.424. The van der Waals surface area contributed by atoms with Gasteiger partial charge in [0.1, 0.15) is 0 Å². The maximum absolute atomic E-state index is 11.8. The molecule has 0 aromatic heterocycles. The van der Waals surface area contributed by atoms with Gasteiger partial charge in [-0.1, -0.05) is 0 Å². The van der Waals surface area contributed by atoms with Gasteiger partial charge in [0, 0.05) is 38.5 Å². The van der Waals surface area contributed by atoms with Gasteiger partial charge in [0.2, 0.25) is 5.91 Å². The Morgan fingerprint density at radius 2 is 2.40 bits per heavy atom. The molecule has 84 valence electrons. The smallest absolute Gasteiger partial charge is 0.222 e. The lowest BCUT2D eigenvalue weighted by molar-refractivity contribution is -0.132. The Balaban J connectivity index is 2.18. The van der Waals surface area contributed by atoms with Gasteiger partial charge in [0.25, 0.3) is 0 Å². The largest absolute Gasteiger partial charge is 0.340 e. The van der Waals surface area contributed by atoms with E-state index >= 15 is 0 Å². The van der Waals surface area contributed by atoms with Crippen molar-refractivity contribution in [3.05, 3.63) is 0 Å². The van der Waals surface area contributed by atoms with Crippen LogP contribution in [0.2, 0.25) is 0 Å². The molecule has 0 aliphatic carbocycles. The van der Waals surface area contributed by atoms with E-state index in [4.69, 9.17) is 6.42 Å². The van der Waals surface area contributed by atoms with Crippen LogP contribution in [0.5, 0.6) is 0 Å². The highest BCUT2D eigenvalue weighted by atomic mass is 16.2. The maximum atomic E-state index is 11.8. The molecule has 1 atom stereocenters. The third kappa shape index (κ3) is 4.35. The Morgan fingerprint density at radius 1 is 1.60 bits per heavy atom. The first-order chi connectivity index (χ1) is 7.24. The third-order valence-electron chi connectivity index (χ3n) is 2.68. The van der Waals surface area contributed by atoms with Crippen LogP contribution in [0, 0.1) is 12.3 Å². The van der Waals surface area contributed by atoms with Crippen molar-refractivity contribution in [2.24, 2.45) is 0 Å². The summed E-state index contributed by atoms with van der Waals surface area (Å²) in [5.74, 6) is 2.87. The van der Waals surface area contributed by atoms with Gasteiger partial charge < -0.3 is 10.2 Å². The first kappa shape index (κ1) is 12.1. The second-order valence-electron chi connectivity index (χ2n) is 4.11. The first-order valence-electron chi connectivity index (χ1n) is 5.68. The number of piperazine rings is 1. The highest BCUT2D eigenvalue weighted by molar-refractivity contribution is 5.76. The Kier molecular flexibility index (Phi) is 5.20. The fraction of sp³-hybridized carbons (Fsp3) is 0.750. The van der Waals surface area contributed by atoms with Crippen LogP contribution in [-0.2, 0) is 4.79 Å². The van der Waals surface area contributed by atoms with E-state index < -0.39 is 0 Å². The SMILES string of the molecule is C#CCCCCC(=O)N1CCNC(C)C1. The molecule has 1 aliphatic rings. The molecule has 0 bridgehead atoms. The lowest BCUT2D eigenvalue weighted by atomic mass is 10.1. The molecular formula is C12H20N2O. The predicted octanol–water partition coefficient (Wildman–Crippen LogP) is 1.00. The molecule has 0 aromatic carbocycles. The molecule has 1 N–H and O–H groups in total. The zero-order chi connectivity index (χ0) is 11.1. The van der Waals surface area contributed by atoms with Crippen LogP contribution in [-0.4, -0.2) is 36.5 Å². The van der Waals surface area contributed by atoms with Gasteiger partial charge in [0.05, 0.1) is 0 Å². The quantitative estimate of drug-likeness (QED) is 0.552. The van der Waals surface area contributed by atoms with Gasteiger partial charge >= 0.3 is 0 Å². The molecule has 1 heterocycles. The van der Waals surface area contributed by atoms with E-state index in [-0.39, 0.29) is 5.91 Å². The molecule has 0 radical (unpaired) electrons. The van der Waals surface area contributed by atoms with E-state index in [0.717, 1.165) is 38.9 Å². The summed E-state index contributed by atoms with van der Waals surface area (Å²) < 4.78 is 0. The van der Waals surface area contributed by atoms with Crippen molar-refractivity contribution in [3.8, 4) is 12.3 Å². The minimum atomic E-state index is 0.278. The molecule has 3 nitrogen and oxygen atoms in total. The molecule has 1 unspecified atom stereocenters. The van der Waals surface area contributed by atoms with Crippen LogP contribution in [0.15, 0.2) is 0 Å². The third-order valence-corrected chi connectivity index (χ3v) is 2.68. The molecular weight excluding hydrogens is 188 g/mol. The number of rotatable bonds is 4. The van der Waals surface area contributed by atoms with Crippen LogP contribution in [0.3, 0.4) is 0 Å². The highest BCUT2D eigenvalue weighted by Gasteiger charge is 2.19. The summed E-state index contributed by atoms with van der Waals surface area (Å²) in [6.07, 6.45) is 8.46. The Bertz CT molecular complexity index is 244. The Morgan fingerprint density at radius 3 is 3.07 bits per heavy atom. The number of amides is 1. The van der Waals surface area contributed by atoms with Gasteiger partial charge in [-0.05, 0) is 19.8 Å². The summed E-state index contributed by atoms with van der Waals surface area (Å²) in [7, 11) is 0. The number of terminal acetylenes is 1. The molecule has 15 heavy (non-hydrogen) atoms. The van der Waals surface area contributed by atoms with Crippen molar-refractivity contribution >= 4 is 5.91 Å². The molecule has 0 aromatic rings. The van der Waals surface area contributed by atoms with Crippen molar-refractivity contribution in [1.82, 2.24) is 10.2 Å². The second-order valence-corrected chi connectivity index (χ2v) is 4.11. The zero-order valence-corrected chi connectivity index (χ0v) is 9.46. The number of carbonyl (C=O) groups is 1. The van der Waals surface area contributed by atoms with E-state index in [0.29, 0.717) is 12.5 Å². The second kappa shape index (κ2) is 6.47. The van der Waals surface area contributed by atoms with Crippen LogP contribution < -0.4 is 5.32 Å². The van der Waals surface area contributed by atoms with Crippen molar-refractivity contribution in [2.45, 2.75) is 38.6 Å². The highest BCUT2D eigenvalue weighted by Crippen LogP contribution is 2.05. The van der Waals surface area contributed by atoms with Crippen LogP contribution in [0.4, 0.5) is 0 Å². The fourth-order valence-electron chi connectivity index (χ4n) is 1.82. The van der Waals surface area contributed by atoms with E-state index in [1.807, 2.05) is 4.90 Å². The number of hydrogen-bond donors (Lipinski definition) is 1. The summed E-state index contributed by atoms with van der Waals surface area (Å²) in [5, 5.41) is 3.32. The van der Waals surface area contributed by atoms with E-state index in [2.05, 4.69) is 18.2 Å². The Labute approximate surface area is 92.2 Å². The van der Waals surface area contributed by atoms with Crippen molar-refractivity contribution < 1.29 is 4.79 Å².